The number of anilines is 1. The average Bonchev–Trinajstić information content (AvgIpc) is 2.43. The number of rotatable bonds is 3. The van der Waals surface area contributed by atoms with Crippen LogP contribution in [-0.2, 0) is 0 Å². The molecule has 1 aromatic heterocycles. The first kappa shape index (κ1) is 11.4. The quantitative estimate of drug-likeness (QED) is 0.843. The van der Waals surface area contributed by atoms with Gasteiger partial charge in [-0.1, -0.05) is 31.9 Å². The molecule has 14 heavy (non-hydrogen) atoms. The number of aromatic nitrogens is 2. The van der Waals surface area contributed by atoms with Gasteiger partial charge in [0.05, 0.1) is 11.7 Å². The lowest BCUT2D eigenvalue weighted by Crippen LogP contribution is -2.16. The smallest absolute Gasteiger partial charge is 0.141 e. The summed E-state index contributed by atoms with van der Waals surface area (Å²) in [4.78, 5) is 0. The third kappa shape index (κ3) is 1.87. The van der Waals surface area contributed by atoms with Gasteiger partial charge in [-0.25, -0.2) is 4.68 Å². The first-order valence-electron chi connectivity index (χ1n) is 4.99. The number of hydrogen-bond donors (Lipinski definition) is 1. The van der Waals surface area contributed by atoms with Crippen molar-refractivity contribution >= 4 is 17.4 Å². The first-order chi connectivity index (χ1) is 6.49. The van der Waals surface area contributed by atoms with Crippen LogP contribution in [0.5, 0.6) is 0 Å². The number of aryl methyl sites for hydroxylation is 1. The van der Waals surface area contributed by atoms with Crippen molar-refractivity contribution in [1.82, 2.24) is 9.78 Å². The number of nitrogens with two attached hydrogens (primary N) is 1. The van der Waals surface area contributed by atoms with Gasteiger partial charge in [-0.05, 0) is 19.8 Å². The fourth-order valence-corrected chi connectivity index (χ4v) is 1.56. The van der Waals surface area contributed by atoms with Crippen LogP contribution in [0.25, 0.3) is 0 Å². The van der Waals surface area contributed by atoms with Crippen LogP contribution >= 0.6 is 11.6 Å². The first-order valence-corrected chi connectivity index (χ1v) is 5.36. The van der Waals surface area contributed by atoms with E-state index in [1.807, 2.05) is 11.6 Å². The standard InChI is InChI=1S/C10H18ClN3/c1-5-6(2)8(4)14-10(12)9(11)7(3)13-14/h6,8H,5,12H2,1-4H3. The van der Waals surface area contributed by atoms with Crippen molar-refractivity contribution < 1.29 is 0 Å². The second-order valence-electron chi connectivity index (χ2n) is 3.86. The molecular weight excluding hydrogens is 198 g/mol. The molecule has 1 heterocycles. The molecule has 0 fully saturated rings. The SMILES string of the molecule is CCC(C)C(C)n1nc(C)c(Cl)c1N. The van der Waals surface area contributed by atoms with Crippen LogP contribution < -0.4 is 5.73 Å². The molecule has 4 heteroatoms. The predicted molar refractivity (Wildman–Crippen MR) is 60.6 cm³/mol. The maximum absolute atomic E-state index is 5.98. The highest BCUT2D eigenvalue weighted by Gasteiger charge is 2.18. The topological polar surface area (TPSA) is 43.8 Å². The highest BCUT2D eigenvalue weighted by Crippen LogP contribution is 2.29. The maximum atomic E-state index is 5.98. The molecule has 0 aliphatic rings. The van der Waals surface area contributed by atoms with Crippen LogP contribution in [0.15, 0.2) is 0 Å². The molecule has 0 aliphatic carbocycles. The summed E-state index contributed by atoms with van der Waals surface area (Å²) >= 11 is 5.98. The van der Waals surface area contributed by atoms with Crippen LogP contribution in [-0.4, -0.2) is 9.78 Å². The van der Waals surface area contributed by atoms with Crippen molar-refractivity contribution in [1.29, 1.82) is 0 Å². The molecule has 80 valence electrons. The fraction of sp³-hybridized carbons (Fsp3) is 0.700. The van der Waals surface area contributed by atoms with Gasteiger partial charge >= 0.3 is 0 Å². The third-order valence-corrected chi connectivity index (χ3v) is 3.37. The van der Waals surface area contributed by atoms with Crippen LogP contribution in [0.4, 0.5) is 5.82 Å². The Hall–Kier alpha value is -0.700. The molecule has 1 rings (SSSR count). The number of hydrogen-bond acceptors (Lipinski definition) is 2. The number of nitrogen functional groups attached to an aromatic ring is 1. The summed E-state index contributed by atoms with van der Waals surface area (Å²) in [6, 6.07) is 0.297. The summed E-state index contributed by atoms with van der Waals surface area (Å²) in [6.07, 6.45) is 1.11. The van der Waals surface area contributed by atoms with Gasteiger partial charge in [-0.3, -0.25) is 0 Å². The van der Waals surface area contributed by atoms with Crippen molar-refractivity contribution in [2.45, 2.75) is 40.2 Å². The van der Waals surface area contributed by atoms with Gasteiger partial charge in [0.15, 0.2) is 0 Å². The minimum atomic E-state index is 0.297. The zero-order valence-electron chi connectivity index (χ0n) is 9.21. The highest BCUT2D eigenvalue weighted by atomic mass is 35.5. The Morgan fingerprint density at radius 2 is 2.07 bits per heavy atom. The number of halogens is 1. The van der Waals surface area contributed by atoms with E-state index in [-0.39, 0.29) is 0 Å². The third-order valence-electron chi connectivity index (χ3n) is 2.90. The van der Waals surface area contributed by atoms with Crippen molar-refractivity contribution in [3.05, 3.63) is 10.7 Å². The van der Waals surface area contributed by atoms with E-state index in [9.17, 15) is 0 Å². The largest absolute Gasteiger partial charge is 0.383 e. The fourth-order valence-electron chi connectivity index (χ4n) is 1.44. The molecule has 0 aromatic carbocycles. The van der Waals surface area contributed by atoms with Gasteiger partial charge < -0.3 is 5.73 Å². The highest BCUT2D eigenvalue weighted by molar-refractivity contribution is 6.33. The minimum absolute atomic E-state index is 0.297. The van der Waals surface area contributed by atoms with E-state index in [1.165, 1.54) is 0 Å². The van der Waals surface area contributed by atoms with Crippen LogP contribution in [0.2, 0.25) is 5.02 Å². The van der Waals surface area contributed by atoms with E-state index in [4.69, 9.17) is 17.3 Å². The lowest BCUT2D eigenvalue weighted by Gasteiger charge is -2.19. The van der Waals surface area contributed by atoms with E-state index in [2.05, 4.69) is 25.9 Å². The monoisotopic (exact) mass is 215 g/mol. The van der Waals surface area contributed by atoms with E-state index in [0.717, 1.165) is 12.1 Å². The Balaban J connectivity index is 3.01. The predicted octanol–water partition coefficient (Wildman–Crippen LogP) is 3.03. The average molecular weight is 216 g/mol. The summed E-state index contributed by atoms with van der Waals surface area (Å²) in [7, 11) is 0. The Morgan fingerprint density at radius 1 is 1.50 bits per heavy atom. The molecule has 0 aliphatic heterocycles. The second-order valence-corrected chi connectivity index (χ2v) is 4.23. The molecule has 0 spiro atoms. The summed E-state index contributed by atoms with van der Waals surface area (Å²) < 4.78 is 1.83. The Morgan fingerprint density at radius 3 is 2.43 bits per heavy atom. The van der Waals surface area contributed by atoms with E-state index in [0.29, 0.717) is 22.8 Å². The van der Waals surface area contributed by atoms with Crippen LogP contribution in [0, 0.1) is 12.8 Å². The van der Waals surface area contributed by atoms with Crippen LogP contribution in [0.3, 0.4) is 0 Å². The van der Waals surface area contributed by atoms with Crippen molar-refractivity contribution in [2.24, 2.45) is 5.92 Å². The van der Waals surface area contributed by atoms with Gasteiger partial charge in [-0.2, -0.15) is 5.10 Å². The molecule has 2 N–H and O–H groups in total. The van der Waals surface area contributed by atoms with Gasteiger partial charge in [0, 0.05) is 0 Å². The van der Waals surface area contributed by atoms with Crippen molar-refractivity contribution in [2.75, 3.05) is 5.73 Å². The molecule has 2 unspecified atom stereocenters. The van der Waals surface area contributed by atoms with E-state index >= 15 is 0 Å². The lowest BCUT2D eigenvalue weighted by atomic mass is 10.0. The van der Waals surface area contributed by atoms with Crippen molar-refractivity contribution in [3.8, 4) is 0 Å². The van der Waals surface area contributed by atoms with E-state index < -0.39 is 0 Å². The van der Waals surface area contributed by atoms with Crippen LogP contribution in [0.1, 0.15) is 38.9 Å². The maximum Gasteiger partial charge on any atom is 0.141 e. The van der Waals surface area contributed by atoms with Gasteiger partial charge in [0.1, 0.15) is 10.8 Å². The lowest BCUT2D eigenvalue weighted by molar-refractivity contribution is 0.346. The molecule has 0 radical (unpaired) electrons. The molecule has 0 amide bonds. The Bertz CT molecular complexity index is 319. The summed E-state index contributed by atoms with van der Waals surface area (Å²) in [5.74, 6) is 1.13. The summed E-state index contributed by atoms with van der Waals surface area (Å²) in [6.45, 7) is 8.34. The Kier molecular flexibility index (Phi) is 3.43. The van der Waals surface area contributed by atoms with Gasteiger partial charge in [0.2, 0.25) is 0 Å². The minimum Gasteiger partial charge on any atom is -0.383 e. The molecule has 2 atom stereocenters. The Labute approximate surface area is 90.2 Å². The second kappa shape index (κ2) is 4.22. The summed E-state index contributed by atoms with van der Waals surface area (Å²) in [5, 5.41) is 4.92. The molecule has 0 bridgehead atoms. The zero-order valence-corrected chi connectivity index (χ0v) is 9.97. The molecule has 0 saturated carbocycles. The van der Waals surface area contributed by atoms with Gasteiger partial charge in [0.25, 0.3) is 0 Å². The van der Waals surface area contributed by atoms with Crippen molar-refractivity contribution in [3.63, 3.8) is 0 Å². The summed E-state index contributed by atoms with van der Waals surface area (Å²) in [5.41, 5.74) is 6.67. The van der Waals surface area contributed by atoms with E-state index in [1.54, 1.807) is 0 Å². The number of nitrogens with zero attached hydrogens (tertiary/aromatic N) is 2. The molecule has 3 nitrogen and oxygen atoms in total. The van der Waals surface area contributed by atoms with Gasteiger partial charge in [-0.15, -0.1) is 0 Å². The zero-order chi connectivity index (χ0) is 10.9. The molecule has 1 aromatic rings. The normalized spacial score (nSPS) is 15.5. The molecule has 0 saturated heterocycles. The molecular formula is C10H18ClN3.